The van der Waals surface area contributed by atoms with E-state index in [1.165, 1.54) is 23.8 Å². The maximum atomic E-state index is 12.3. The topological polar surface area (TPSA) is 92.2 Å². The van der Waals surface area contributed by atoms with Crippen LogP contribution in [0, 0.1) is 0 Å². The van der Waals surface area contributed by atoms with Gasteiger partial charge in [-0.15, -0.1) is 0 Å². The Morgan fingerprint density at radius 3 is 2.60 bits per heavy atom. The van der Waals surface area contributed by atoms with Crippen molar-refractivity contribution in [3.63, 3.8) is 0 Å². The summed E-state index contributed by atoms with van der Waals surface area (Å²) in [5.74, 6) is -0.611. The van der Waals surface area contributed by atoms with Gasteiger partial charge in [-0.1, -0.05) is 23.7 Å². The lowest BCUT2D eigenvalue weighted by Crippen LogP contribution is -2.24. The minimum atomic E-state index is -3.64. The molecule has 0 spiro atoms. The van der Waals surface area contributed by atoms with E-state index in [0.717, 1.165) is 12.8 Å². The van der Waals surface area contributed by atoms with Gasteiger partial charge in [0.25, 0.3) is 0 Å². The first-order valence-electron chi connectivity index (χ1n) is 7.81. The molecule has 0 atom stereocenters. The van der Waals surface area contributed by atoms with E-state index >= 15 is 0 Å². The van der Waals surface area contributed by atoms with Gasteiger partial charge >= 0.3 is 5.76 Å². The Morgan fingerprint density at radius 2 is 1.84 bits per heavy atom. The van der Waals surface area contributed by atoms with Gasteiger partial charge in [0, 0.05) is 17.6 Å². The number of nitrogens with one attached hydrogen (secondary N) is 2. The van der Waals surface area contributed by atoms with E-state index in [4.69, 9.17) is 16.0 Å². The first-order chi connectivity index (χ1) is 11.9. The maximum Gasteiger partial charge on any atom is 0.417 e. The summed E-state index contributed by atoms with van der Waals surface area (Å²) in [5, 5.41) is 0.701. The number of aromatic amines is 1. The molecule has 0 bridgehead atoms. The lowest BCUT2D eigenvalue weighted by molar-refractivity contribution is 0.553. The Morgan fingerprint density at radius 1 is 1.08 bits per heavy atom. The summed E-state index contributed by atoms with van der Waals surface area (Å²) in [5.41, 5.74) is 1.85. The average Bonchev–Trinajstić information content (AvgIpc) is 2.95. The van der Waals surface area contributed by atoms with Gasteiger partial charge in [-0.3, -0.25) is 4.98 Å². The van der Waals surface area contributed by atoms with Crippen LogP contribution < -0.4 is 10.5 Å². The Hall–Kier alpha value is -2.09. The summed E-state index contributed by atoms with van der Waals surface area (Å²) in [4.78, 5) is 13.7. The third-order valence-electron chi connectivity index (χ3n) is 3.80. The van der Waals surface area contributed by atoms with Gasteiger partial charge in [0.15, 0.2) is 5.58 Å². The van der Waals surface area contributed by atoms with Gasteiger partial charge in [0.05, 0.1) is 10.4 Å². The molecule has 3 rings (SSSR count). The summed E-state index contributed by atoms with van der Waals surface area (Å²) in [6.45, 7) is 0.338. The highest BCUT2D eigenvalue weighted by molar-refractivity contribution is 7.89. The van der Waals surface area contributed by atoms with E-state index in [1.54, 1.807) is 0 Å². The van der Waals surface area contributed by atoms with Gasteiger partial charge in [-0.25, -0.2) is 17.9 Å². The zero-order chi connectivity index (χ0) is 17.9. The number of aromatic nitrogens is 1. The van der Waals surface area contributed by atoms with E-state index in [2.05, 4.69) is 9.71 Å². The molecule has 0 aliphatic rings. The normalized spacial score (nSPS) is 11.9. The second kappa shape index (κ2) is 7.43. The van der Waals surface area contributed by atoms with E-state index in [9.17, 15) is 13.2 Å². The van der Waals surface area contributed by atoms with Crippen molar-refractivity contribution >= 4 is 32.7 Å². The zero-order valence-electron chi connectivity index (χ0n) is 13.3. The number of halogens is 1. The van der Waals surface area contributed by atoms with Crippen LogP contribution in [0.5, 0.6) is 0 Å². The third-order valence-corrected chi connectivity index (χ3v) is 5.51. The smallest absolute Gasteiger partial charge is 0.408 e. The number of hydrogen-bond acceptors (Lipinski definition) is 4. The Labute approximate surface area is 149 Å². The molecule has 132 valence electrons. The molecule has 0 saturated carbocycles. The highest BCUT2D eigenvalue weighted by Gasteiger charge is 2.15. The third kappa shape index (κ3) is 4.50. The summed E-state index contributed by atoms with van der Waals surface area (Å²) in [6, 6.07) is 11.9. The fourth-order valence-corrected chi connectivity index (χ4v) is 3.70. The summed E-state index contributed by atoms with van der Waals surface area (Å²) in [7, 11) is -3.64. The average molecular weight is 381 g/mol. The number of benzene rings is 2. The van der Waals surface area contributed by atoms with Crippen LogP contribution in [0.15, 0.2) is 56.6 Å². The van der Waals surface area contributed by atoms with Gasteiger partial charge < -0.3 is 4.42 Å². The number of rotatable bonds is 7. The van der Waals surface area contributed by atoms with Crippen molar-refractivity contribution in [1.82, 2.24) is 9.71 Å². The standard InChI is InChI=1S/C17H17ClN2O4S/c18-13-6-4-12(5-7-13)3-1-2-10-19-25(22,23)14-8-9-15-16(11-14)24-17(21)20-15/h4-9,11,19H,1-3,10H2,(H,20,21). The van der Waals surface area contributed by atoms with Crippen LogP contribution in [0.1, 0.15) is 18.4 Å². The molecular formula is C17H17ClN2O4S. The van der Waals surface area contributed by atoms with E-state index in [1.807, 2.05) is 24.3 Å². The Balaban J connectivity index is 1.54. The van der Waals surface area contributed by atoms with Crippen molar-refractivity contribution in [2.75, 3.05) is 6.54 Å². The molecule has 0 saturated heterocycles. The molecule has 0 aliphatic carbocycles. The minimum Gasteiger partial charge on any atom is -0.408 e. The van der Waals surface area contributed by atoms with Crippen LogP contribution >= 0.6 is 11.6 Å². The number of unbranched alkanes of at least 4 members (excludes halogenated alkanes) is 1. The SMILES string of the molecule is O=c1[nH]c2ccc(S(=O)(=O)NCCCCc3ccc(Cl)cc3)cc2o1. The molecule has 2 N–H and O–H groups in total. The predicted molar refractivity (Wildman–Crippen MR) is 96.4 cm³/mol. The van der Waals surface area contributed by atoms with Gasteiger partial charge in [-0.2, -0.15) is 0 Å². The van der Waals surface area contributed by atoms with Crippen molar-refractivity contribution in [3.8, 4) is 0 Å². The molecule has 6 nitrogen and oxygen atoms in total. The van der Waals surface area contributed by atoms with Gasteiger partial charge in [-0.05, 0) is 49.1 Å². The first kappa shape index (κ1) is 17.7. The van der Waals surface area contributed by atoms with Gasteiger partial charge in [0.1, 0.15) is 0 Å². The molecule has 25 heavy (non-hydrogen) atoms. The molecule has 0 fully saturated rings. The monoisotopic (exact) mass is 380 g/mol. The van der Waals surface area contributed by atoms with Crippen molar-refractivity contribution in [2.24, 2.45) is 0 Å². The van der Waals surface area contributed by atoms with Crippen LogP contribution in [0.25, 0.3) is 11.1 Å². The van der Waals surface area contributed by atoms with Crippen molar-refractivity contribution in [1.29, 1.82) is 0 Å². The molecule has 1 aromatic heterocycles. The molecule has 0 unspecified atom stereocenters. The summed E-state index contributed by atoms with van der Waals surface area (Å²) >= 11 is 5.84. The first-order valence-corrected chi connectivity index (χ1v) is 9.67. The molecule has 8 heteroatoms. The fourth-order valence-electron chi connectivity index (χ4n) is 2.49. The van der Waals surface area contributed by atoms with Crippen LogP contribution in [-0.2, 0) is 16.4 Å². The quantitative estimate of drug-likeness (QED) is 0.616. The van der Waals surface area contributed by atoms with Crippen LogP contribution in [-0.4, -0.2) is 19.9 Å². The molecule has 3 aromatic rings. The molecule has 0 aliphatic heterocycles. The number of H-pyrrole nitrogens is 1. The number of sulfonamides is 1. The van der Waals surface area contributed by atoms with Crippen LogP contribution in [0.3, 0.4) is 0 Å². The van der Waals surface area contributed by atoms with E-state index in [-0.39, 0.29) is 10.5 Å². The van der Waals surface area contributed by atoms with E-state index in [0.29, 0.717) is 23.5 Å². The largest absolute Gasteiger partial charge is 0.417 e. The van der Waals surface area contributed by atoms with Crippen molar-refractivity contribution < 1.29 is 12.8 Å². The molecule has 0 radical (unpaired) electrons. The number of aryl methyl sites for hydroxylation is 1. The van der Waals surface area contributed by atoms with Crippen molar-refractivity contribution in [2.45, 2.75) is 24.2 Å². The second-order valence-corrected chi connectivity index (χ2v) is 7.86. The van der Waals surface area contributed by atoms with E-state index < -0.39 is 15.8 Å². The van der Waals surface area contributed by atoms with Crippen LogP contribution in [0.2, 0.25) is 5.02 Å². The molecule has 0 amide bonds. The second-order valence-electron chi connectivity index (χ2n) is 5.65. The predicted octanol–water partition coefficient (Wildman–Crippen LogP) is 3.08. The summed E-state index contributed by atoms with van der Waals surface area (Å²) in [6.07, 6.45) is 2.43. The maximum absolute atomic E-state index is 12.3. The molecular weight excluding hydrogens is 364 g/mol. The number of oxazole rings is 1. The Bertz CT molecular complexity index is 1020. The molecule has 1 heterocycles. The number of hydrogen-bond donors (Lipinski definition) is 2. The zero-order valence-corrected chi connectivity index (χ0v) is 14.9. The van der Waals surface area contributed by atoms with Gasteiger partial charge in [0.2, 0.25) is 10.0 Å². The highest BCUT2D eigenvalue weighted by Crippen LogP contribution is 2.16. The fraction of sp³-hybridized carbons (Fsp3) is 0.235. The Kier molecular flexibility index (Phi) is 5.27. The van der Waals surface area contributed by atoms with Crippen molar-refractivity contribution in [3.05, 3.63) is 63.6 Å². The number of fused-ring (bicyclic) bond motifs is 1. The lowest BCUT2D eigenvalue weighted by Gasteiger charge is -2.07. The lowest BCUT2D eigenvalue weighted by atomic mass is 10.1. The molecule has 2 aromatic carbocycles. The minimum absolute atomic E-state index is 0.0699. The summed E-state index contributed by atoms with van der Waals surface area (Å²) < 4.78 is 32.0. The highest BCUT2D eigenvalue weighted by atomic mass is 35.5. The van der Waals surface area contributed by atoms with Crippen LogP contribution in [0.4, 0.5) is 0 Å².